The van der Waals surface area contributed by atoms with Crippen LogP contribution in [0.25, 0.3) is 0 Å². The van der Waals surface area contributed by atoms with Gasteiger partial charge in [0.25, 0.3) is 5.91 Å². The van der Waals surface area contributed by atoms with Gasteiger partial charge in [-0.05, 0) is 44.5 Å². The third-order valence-corrected chi connectivity index (χ3v) is 2.58. The predicted molar refractivity (Wildman–Crippen MR) is 76.0 cm³/mol. The minimum atomic E-state index is -1.01. The largest absolute Gasteiger partial charge is 0.491 e. The zero-order valence-electron chi connectivity index (χ0n) is 12.1. The lowest BCUT2D eigenvalue weighted by Crippen LogP contribution is -2.36. The average Bonchev–Trinajstić information content (AvgIpc) is 2.37. The lowest BCUT2D eigenvalue weighted by Gasteiger charge is -2.20. The van der Waals surface area contributed by atoms with Crippen LogP contribution in [0.3, 0.4) is 0 Å². The van der Waals surface area contributed by atoms with Crippen molar-refractivity contribution in [3.05, 3.63) is 29.8 Å². The molecule has 0 aliphatic carbocycles. The van der Waals surface area contributed by atoms with Crippen LogP contribution < -0.4 is 4.74 Å². The molecule has 0 bridgehead atoms. The van der Waals surface area contributed by atoms with Gasteiger partial charge in [0.15, 0.2) is 0 Å². The number of amides is 1. The lowest BCUT2D eigenvalue weighted by atomic mass is 10.2. The lowest BCUT2D eigenvalue weighted by molar-refractivity contribution is -0.137. The maximum Gasteiger partial charge on any atom is 0.323 e. The topological polar surface area (TPSA) is 66.8 Å². The molecule has 0 saturated heterocycles. The molecule has 5 nitrogen and oxygen atoms in total. The van der Waals surface area contributed by atoms with Crippen LogP contribution in [0.5, 0.6) is 5.75 Å². The van der Waals surface area contributed by atoms with Gasteiger partial charge in [0.2, 0.25) is 0 Å². The second-order valence-electron chi connectivity index (χ2n) is 4.81. The summed E-state index contributed by atoms with van der Waals surface area (Å²) < 4.78 is 5.50. The molecule has 0 aromatic heterocycles. The molecular weight excluding hydrogens is 258 g/mol. The molecule has 0 heterocycles. The van der Waals surface area contributed by atoms with Crippen molar-refractivity contribution in [2.75, 3.05) is 13.1 Å². The number of hydrogen-bond acceptors (Lipinski definition) is 3. The van der Waals surface area contributed by atoms with Crippen molar-refractivity contribution < 1.29 is 19.4 Å². The van der Waals surface area contributed by atoms with Crippen LogP contribution >= 0.6 is 0 Å². The van der Waals surface area contributed by atoms with Crippen LogP contribution in [0.1, 0.15) is 37.6 Å². The molecule has 0 unspecified atom stereocenters. The molecule has 5 heteroatoms. The van der Waals surface area contributed by atoms with E-state index < -0.39 is 5.97 Å². The minimum Gasteiger partial charge on any atom is -0.491 e. The van der Waals surface area contributed by atoms with Crippen molar-refractivity contribution in [1.29, 1.82) is 0 Å². The van der Waals surface area contributed by atoms with Gasteiger partial charge in [0.1, 0.15) is 12.3 Å². The second-order valence-corrected chi connectivity index (χ2v) is 4.81. The fourth-order valence-corrected chi connectivity index (χ4v) is 1.82. The van der Waals surface area contributed by atoms with Crippen molar-refractivity contribution in [3.63, 3.8) is 0 Å². The average molecular weight is 279 g/mol. The highest BCUT2D eigenvalue weighted by Crippen LogP contribution is 2.15. The smallest absolute Gasteiger partial charge is 0.323 e. The van der Waals surface area contributed by atoms with E-state index in [0.29, 0.717) is 24.3 Å². The third kappa shape index (κ3) is 4.91. The zero-order valence-corrected chi connectivity index (χ0v) is 12.1. The number of hydrogen-bond donors (Lipinski definition) is 1. The molecule has 110 valence electrons. The first-order chi connectivity index (χ1) is 9.43. The Morgan fingerprint density at radius 1 is 1.25 bits per heavy atom. The van der Waals surface area contributed by atoms with Gasteiger partial charge in [0, 0.05) is 12.1 Å². The summed E-state index contributed by atoms with van der Waals surface area (Å²) in [5, 5.41) is 8.84. The van der Waals surface area contributed by atoms with Gasteiger partial charge in [-0.3, -0.25) is 9.59 Å². The van der Waals surface area contributed by atoms with E-state index in [1.165, 1.54) is 4.90 Å². The van der Waals surface area contributed by atoms with E-state index in [9.17, 15) is 9.59 Å². The van der Waals surface area contributed by atoms with Crippen LogP contribution in [-0.4, -0.2) is 41.1 Å². The predicted octanol–water partition coefficient (Wildman–Crippen LogP) is 2.41. The first-order valence-electron chi connectivity index (χ1n) is 6.71. The third-order valence-electron chi connectivity index (χ3n) is 2.58. The fraction of sp³-hybridized carbons (Fsp3) is 0.467. The minimum absolute atomic E-state index is 0.0696. The van der Waals surface area contributed by atoms with Gasteiger partial charge < -0.3 is 14.7 Å². The summed E-state index contributed by atoms with van der Waals surface area (Å²) >= 11 is 0. The summed E-state index contributed by atoms with van der Waals surface area (Å²) in [6.07, 6.45) is 0.785. The Hall–Kier alpha value is -2.04. The Morgan fingerprint density at radius 2 is 1.85 bits per heavy atom. The highest BCUT2D eigenvalue weighted by atomic mass is 16.5. The molecule has 0 atom stereocenters. The van der Waals surface area contributed by atoms with Gasteiger partial charge in [0.05, 0.1) is 6.10 Å². The first-order valence-corrected chi connectivity index (χ1v) is 6.71. The summed E-state index contributed by atoms with van der Waals surface area (Å²) in [4.78, 5) is 24.3. The van der Waals surface area contributed by atoms with Gasteiger partial charge >= 0.3 is 5.97 Å². The van der Waals surface area contributed by atoms with Gasteiger partial charge in [-0.25, -0.2) is 0 Å². The van der Waals surface area contributed by atoms with Crippen LogP contribution in [0.2, 0.25) is 0 Å². The number of benzene rings is 1. The Kier molecular flexibility index (Phi) is 6.03. The van der Waals surface area contributed by atoms with E-state index in [0.717, 1.165) is 0 Å². The molecule has 0 spiro atoms. The molecule has 0 radical (unpaired) electrons. The highest BCUT2D eigenvalue weighted by Gasteiger charge is 2.17. The molecule has 1 aromatic rings. The molecule has 0 fully saturated rings. The quantitative estimate of drug-likeness (QED) is 0.832. The van der Waals surface area contributed by atoms with Crippen molar-refractivity contribution in [1.82, 2.24) is 4.90 Å². The maximum atomic E-state index is 12.2. The van der Waals surface area contributed by atoms with Gasteiger partial charge in [-0.1, -0.05) is 6.92 Å². The number of nitrogens with zero attached hydrogens (tertiary/aromatic N) is 1. The number of carbonyl (C=O) groups excluding carboxylic acids is 1. The number of aliphatic carboxylic acids is 1. The normalized spacial score (nSPS) is 10.4. The monoisotopic (exact) mass is 279 g/mol. The molecule has 0 aliphatic heterocycles. The van der Waals surface area contributed by atoms with Crippen molar-refractivity contribution in [2.24, 2.45) is 0 Å². The number of carboxylic acid groups (broad SMARTS) is 1. The van der Waals surface area contributed by atoms with E-state index in [1.807, 2.05) is 20.8 Å². The standard InChI is InChI=1S/C15H21NO4/c1-4-9-16(10-14(17)18)15(19)12-5-7-13(8-6-12)20-11(2)3/h5-8,11H,4,9-10H2,1-3H3,(H,17,18). The van der Waals surface area contributed by atoms with Crippen molar-refractivity contribution in [2.45, 2.75) is 33.3 Å². The number of ether oxygens (including phenoxy) is 1. The first kappa shape index (κ1) is 16.0. The number of carbonyl (C=O) groups is 2. The van der Waals surface area contributed by atoms with Gasteiger partial charge in [-0.2, -0.15) is 0 Å². The molecule has 1 rings (SSSR count). The van der Waals surface area contributed by atoms with E-state index in [2.05, 4.69) is 0 Å². The Morgan fingerprint density at radius 3 is 2.30 bits per heavy atom. The molecule has 20 heavy (non-hydrogen) atoms. The molecule has 1 amide bonds. The molecule has 0 aliphatic rings. The summed E-state index contributed by atoms with van der Waals surface area (Å²) in [6, 6.07) is 6.76. The summed E-state index contributed by atoms with van der Waals surface area (Å²) in [7, 11) is 0. The maximum absolute atomic E-state index is 12.2. The van der Waals surface area contributed by atoms with Crippen LogP contribution in [-0.2, 0) is 4.79 Å². The van der Waals surface area contributed by atoms with E-state index in [4.69, 9.17) is 9.84 Å². The number of rotatable bonds is 7. The molecule has 1 N–H and O–H groups in total. The van der Waals surface area contributed by atoms with E-state index >= 15 is 0 Å². The summed E-state index contributed by atoms with van der Waals surface area (Å²) in [6.45, 7) is 5.90. The zero-order chi connectivity index (χ0) is 15.1. The van der Waals surface area contributed by atoms with Crippen LogP contribution in [0.15, 0.2) is 24.3 Å². The molecular formula is C15H21NO4. The van der Waals surface area contributed by atoms with Gasteiger partial charge in [-0.15, -0.1) is 0 Å². The van der Waals surface area contributed by atoms with Crippen molar-refractivity contribution >= 4 is 11.9 Å². The molecule has 0 saturated carbocycles. The summed E-state index contributed by atoms with van der Waals surface area (Å²) in [5.74, 6) is -0.589. The Balaban J connectivity index is 2.80. The highest BCUT2D eigenvalue weighted by molar-refractivity contribution is 5.95. The van der Waals surface area contributed by atoms with Crippen LogP contribution in [0.4, 0.5) is 0 Å². The number of carboxylic acids is 1. The second kappa shape index (κ2) is 7.53. The van der Waals surface area contributed by atoms with E-state index in [1.54, 1.807) is 24.3 Å². The van der Waals surface area contributed by atoms with Crippen LogP contribution in [0, 0.1) is 0 Å². The summed E-state index contributed by atoms with van der Waals surface area (Å²) in [5.41, 5.74) is 0.468. The van der Waals surface area contributed by atoms with E-state index in [-0.39, 0.29) is 18.6 Å². The molecule has 1 aromatic carbocycles. The fourth-order valence-electron chi connectivity index (χ4n) is 1.82. The Labute approximate surface area is 119 Å². The Bertz CT molecular complexity index is 453. The van der Waals surface area contributed by atoms with Crippen molar-refractivity contribution in [3.8, 4) is 5.75 Å². The SMILES string of the molecule is CCCN(CC(=O)O)C(=O)c1ccc(OC(C)C)cc1.